The number of nitrogens with zero attached hydrogens (tertiary/aromatic N) is 3. The molecular formula is C27H36F3N5O3S. The Bertz CT molecular complexity index is 1230. The molecule has 1 aromatic carbocycles. The molecule has 0 saturated carbocycles. The van der Waals surface area contributed by atoms with Gasteiger partial charge >= 0.3 is 12.3 Å². The number of rotatable bonds is 8. The maximum atomic E-state index is 13.7. The number of benzene rings is 1. The number of aryl methyl sites for hydroxylation is 1. The van der Waals surface area contributed by atoms with Gasteiger partial charge in [0.1, 0.15) is 11.4 Å². The van der Waals surface area contributed by atoms with E-state index in [1.54, 1.807) is 32.9 Å². The Morgan fingerprint density at radius 3 is 2.33 bits per heavy atom. The van der Waals surface area contributed by atoms with E-state index in [4.69, 9.17) is 10.5 Å². The summed E-state index contributed by atoms with van der Waals surface area (Å²) < 4.78 is 51.3. The Morgan fingerprint density at radius 2 is 1.82 bits per heavy atom. The summed E-state index contributed by atoms with van der Waals surface area (Å²) in [6.07, 6.45) is -2.89. The molecular weight excluding hydrogens is 531 g/mol. The van der Waals surface area contributed by atoms with E-state index < -0.39 is 23.4 Å². The van der Waals surface area contributed by atoms with Gasteiger partial charge in [0.15, 0.2) is 5.13 Å². The molecule has 3 N–H and O–H groups in total. The molecule has 0 saturated heterocycles. The Balaban J connectivity index is 0.000000580. The molecule has 0 aliphatic rings. The largest absolute Gasteiger partial charge is 0.493 e. The van der Waals surface area contributed by atoms with Gasteiger partial charge in [0.25, 0.3) is 0 Å². The van der Waals surface area contributed by atoms with E-state index in [1.165, 1.54) is 23.6 Å². The Kier molecular flexibility index (Phi) is 11.1. The van der Waals surface area contributed by atoms with Gasteiger partial charge in [0.05, 0.1) is 23.6 Å². The van der Waals surface area contributed by atoms with Crippen molar-refractivity contribution in [3.8, 4) is 17.0 Å². The number of alkyl halides is 3. The maximum absolute atomic E-state index is 13.7. The fourth-order valence-electron chi connectivity index (χ4n) is 3.53. The second-order valence-electron chi connectivity index (χ2n) is 10.5. The number of thiazole rings is 1. The molecule has 0 spiro atoms. The lowest BCUT2D eigenvalue weighted by Gasteiger charge is -2.19. The standard InChI is InChI=1S/C22H25F3N4OS.C5H11NO2/c1-13(2)9-14(3)11-30-19-6-5-16(10-17(19)22(23,24)25)18-7-8-26-20(28-18)29-21-27-15(4)12-31-21;1-5(2,3)8-4(6)7/h5-8,10,12-14H,9,11H2,1-4H3,(H,26,27,28,29);1-3H3,(H2,6,7). The molecule has 0 radical (unpaired) electrons. The molecule has 1 amide bonds. The molecule has 3 rings (SSSR count). The minimum absolute atomic E-state index is 0.158. The Morgan fingerprint density at radius 1 is 1.13 bits per heavy atom. The molecule has 2 heterocycles. The van der Waals surface area contributed by atoms with Crippen molar-refractivity contribution in [2.75, 3.05) is 11.9 Å². The number of halogens is 3. The van der Waals surface area contributed by atoms with Crippen LogP contribution in [0.15, 0.2) is 35.8 Å². The fraction of sp³-hybridized carbons (Fsp3) is 0.481. The van der Waals surface area contributed by atoms with Crippen LogP contribution in [0.1, 0.15) is 59.2 Å². The summed E-state index contributed by atoms with van der Waals surface area (Å²) in [6, 6.07) is 5.58. The van der Waals surface area contributed by atoms with Gasteiger partial charge < -0.3 is 20.5 Å². The first-order chi connectivity index (χ1) is 18.0. The van der Waals surface area contributed by atoms with E-state index in [0.29, 0.717) is 22.3 Å². The topological polar surface area (TPSA) is 112 Å². The van der Waals surface area contributed by atoms with E-state index >= 15 is 0 Å². The van der Waals surface area contributed by atoms with Crippen molar-refractivity contribution in [3.63, 3.8) is 0 Å². The highest BCUT2D eigenvalue weighted by molar-refractivity contribution is 7.13. The number of ether oxygens (including phenoxy) is 2. The highest BCUT2D eigenvalue weighted by atomic mass is 32.1. The molecule has 8 nitrogen and oxygen atoms in total. The molecule has 12 heteroatoms. The van der Waals surface area contributed by atoms with Crippen molar-refractivity contribution >= 4 is 28.5 Å². The predicted molar refractivity (Wildman–Crippen MR) is 147 cm³/mol. The molecule has 0 aliphatic carbocycles. The summed E-state index contributed by atoms with van der Waals surface area (Å²) in [4.78, 5) is 22.8. The molecule has 0 bridgehead atoms. The summed E-state index contributed by atoms with van der Waals surface area (Å²) in [7, 11) is 0. The van der Waals surface area contributed by atoms with Gasteiger partial charge in [-0.3, -0.25) is 0 Å². The molecule has 0 aliphatic heterocycles. The normalized spacial score (nSPS) is 12.4. The third-order valence-electron chi connectivity index (χ3n) is 4.88. The number of primary amides is 1. The van der Waals surface area contributed by atoms with E-state index in [-0.39, 0.29) is 24.2 Å². The molecule has 39 heavy (non-hydrogen) atoms. The van der Waals surface area contributed by atoms with Crippen LogP contribution in [0.5, 0.6) is 5.75 Å². The van der Waals surface area contributed by atoms with Crippen LogP contribution in [0.4, 0.5) is 29.0 Å². The summed E-state index contributed by atoms with van der Waals surface area (Å²) >= 11 is 1.40. The lowest BCUT2D eigenvalue weighted by molar-refractivity contribution is -0.139. The average Bonchev–Trinajstić information content (AvgIpc) is 3.20. The van der Waals surface area contributed by atoms with E-state index in [2.05, 4.69) is 38.9 Å². The highest BCUT2D eigenvalue weighted by Crippen LogP contribution is 2.39. The van der Waals surface area contributed by atoms with Crippen LogP contribution < -0.4 is 15.8 Å². The second-order valence-corrected chi connectivity index (χ2v) is 11.3. The smallest absolute Gasteiger partial charge is 0.419 e. The number of anilines is 2. The zero-order valence-electron chi connectivity index (χ0n) is 23.2. The highest BCUT2D eigenvalue weighted by Gasteiger charge is 2.35. The SMILES string of the molecule is CC(C)(C)OC(N)=O.Cc1csc(Nc2nccc(-c3ccc(OCC(C)CC(C)C)c(C(F)(F)F)c3)n2)n1. The van der Waals surface area contributed by atoms with Crippen molar-refractivity contribution in [1.29, 1.82) is 0 Å². The van der Waals surface area contributed by atoms with Gasteiger partial charge in [0.2, 0.25) is 5.95 Å². The van der Waals surface area contributed by atoms with Gasteiger partial charge in [-0.2, -0.15) is 13.2 Å². The average molecular weight is 568 g/mol. The summed E-state index contributed by atoms with van der Waals surface area (Å²) in [5, 5.41) is 5.47. The first-order valence-electron chi connectivity index (χ1n) is 12.4. The van der Waals surface area contributed by atoms with Crippen LogP contribution in [0, 0.1) is 18.8 Å². The van der Waals surface area contributed by atoms with Crippen LogP contribution in [0.3, 0.4) is 0 Å². The number of carbonyl (C=O) groups is 1. The number of nitrogens with one attached hydrogen (secondary N) is 1. The monoisotopic (exact) mass is 567 g/mol. The second kappa shape index (κ2) is 13.6. The van der Waals surface area contributed by atoms with Gasteiger partial charge in [-0.15, -0.1) is 11.3 Å². The van der Waals surface area contributed by atoms with Crippen LogP contribution in [0.25, 0.3) is 11.3 Å². The Labute approximate surface area is 231 Å². The molecule has 3 aromatic rings. The van der Waals surface area contributed by atoms with Crippen LogP contribution >= 0.6 is 11.3 Å². The number of amides is 1. The predicted octanol–water partition coefficient (Wildman–Crippen LogP) is 7.61. The van der Waals surface area contributed by atoms with E-state index in [0.717, 1.165) is 18.2 Å². The quantitative estimate of drug-likeness (QED) is 0.288. The molecule has 1 unspecified atom stereocenters. The zero-order valence-corrected chi connectivity index (χ0v) is 24.0. The maximum Gasteiger partial charge on any atom is 0.419 e. The van der Waals surface area contributed by atoms with Gasteiger partial charge in [0, 0.05) is 17.1 Å². The van der Waals surface area contributed by atoms with Crippen LogP contribution in [0.2, 0.25) is 0 Å². The minimum Gasteiger partial charge on any atom is -0.493 e. The molecule has 1 atom stereocenters. The number of hydrogen-bond acceptors (Lipinski definition) is 8. The minimum atomic E-state index is -4.54. The van der Waals surface area contributed by atoms with Crippen molar-refractivity contribution in [3.05, 3.63) is 47.1 Å². The van der Waals surface area contributed by atoms with Crippen LogP contribution in [-0.4, -0.2) is 33.3 Å². The van der Waals surface area contributed by atoms with Crippen LogP contribution in [-0.2, 0) is 10.9 Å². The number of nitrogens with two attached hydrogens (primary N) is 1. The molecule has 214 valence electrons. The zero-order chi connectivity index (χ0) is 29.4. The number of carbonyl (C=O) groups excluding carboxylic acids is 1. The Hall–Kier alpha value is -3.41. The molecule has 2 aromatic heterocycles. The summed E-state index contributed by atoms with van der Waals surface area (Å²) in [5.74, 6) is 0.712. The first kappa shape index (κ1) is 31.8. The van der Waals surface area contributed by atoms with Crippen molar-refractivity contribution < 1.29 is 27.4 Å². The van der Waals surface area contributed by atoms with Gasteiger partial charge in [-0.05, 0) is 70.2 Å². The summed E-state index contributed by atoms with van der Waals surface area (Å²) in [5.41, 5.74) is 5.01. The lowest BCUT2D eigenvalue weighted by atomic mass is 10.00. The number of aromatic nitrogens is 3. The fourth-order valence-corrected chi connectivity index (χ4v) is 4.21. The van der Waals surface area contributed by atoms with Gasteiger partial charge in [-0.25, -0.2) is 19.7 Å². The van der Waals surface area contributed by atoms with Gasteiger partial charge in [-0.1, -0.05) is 20.8 Å². The first-order valence-corrected chi connectivity index (χ1v) is 13.3. The third-order valence-corrected chi connectivity index (χ3v) is 5.75. The van der Waals surface area contributed by atoms with Crippen molar-refractivity contribution in [2.24, 2.45) is 17.6 Å². The van der Waals surface area contributed by atoms with E-state index in [9.17, 15) is 18.0 Å². The molecule has 0 fully saturated rings. The number of hydrogen-bond donors (Lipinski definition) is 2. The lowest BCUT2D eigenvalue weighted by Crippen LogP contribution is -2.27. The van der Waals surface area contributed by atoms with E-state index in [1.807, 2.05) is 19.2 Å². The van der Waals surface area contributed by atoms with Crippen molar-refractivity contribution in [1.82, 2.24) is 15.0 Å². The van der Waals surface area contributed by atoms with Crippen molar-refractivity contribution in [2.45, 2.75) is 66.7 Å². The third kappa shape index (κ3) is 11.5. The summed E-state index contributed by atoms with van der Waals surface area (Å²) in [6.45, 7) is 13.5.